The van der Waals surface area contributed by atoms with Gasteiger partial charge in [-0.15, -0.1) is 0 Å². The van der Waals surface area contributed by atoms with E-state index in [0.29, 0.717) is 12.1 Å². The fraction of sp³-hybridized carbons (Fsp3) is 0.429. The summed E-state index contributed by atoms with van der Waals surface area (Å²) in [5, 5.41) is 2.92. The van der Waals surface area contributed by atoms with Crippen molar-refractivity contribution in [3.8, 4) is 0 Å². The highest BCUT2D eigenvalue weighted by Crippen LogP contribution is 2.09. The van der Waals surface area contributed by atoms with Crippen molar-refractivity contribution in [3.63, 3.8) is 0 Å². The third kappa shape index (κ3) is 6.13. The van der Waals surface area contributed by atoms with E-state index in [0.717, 1.165) is 45.1 Å². The predicted octanol–water partition coefficient (Wildman–Crippen LogP) is 1.77. The summed E-state index contributed by atoms with van der Waals surface area (Å²) < 4.78 is 0. The van der Waals surface area contributed by atoms with Crippen molar-refractivity contribution in [1.29, 1.82) is 0 Å². The molecule has 1 N–H and O–H groups in total. The minimum atomic E-state index is -0.0599. The fourth-order valence-electron chi connectivity index (χ4n) is 3.24. The molecule has 28 heavy (non-hydrogen) atoms. The number of nitrogens with one attached hydrogen (secondary N) is 1. The first-order valence-electron chi connectivity index (χ1n) is 9.81. The first-order chi connectivity index (χ1) is 13.7. The zero-order chi connectivity index (χ0) is 19.6. The Morgan fingerprint density at radius 1 is 0.929 bits per heavy atom. The van der Waals surface area contributed by atoms with E-state index >= 15 is 0 Å². The average molecular weight is 381 g/mol. The molecular weight excluding hydrogens is 354 g/mol. The van der Waals surface area contributed by atoms with Crippen LogP contribution in [0.3, 0.4) is 0 Å². The molecule has 1 aliphatic rings. The Hall–Kier alpha value is -2.80. The number of rotatable bonds is 9. The molecule has 1 saturated heterocycles. The number of anilines is 1. The minimum absolute atomic E-state index is 0.0102. The van der Waals surface area contributed by atoms with Crippen molar-refractivity contribution < 1.29 is 9.59 Å². The maximum Gasteiger partial charge on any atom is 0.225 e. The number of aromatic nitrogens is 2. The number of piperazine rings is 1. The lowest BCUT2D eigenvalue weighted by Gasteiger charge is -2.34. The number of amides is 1. The molecule has 148 valence electrons. The van der Waals surface area contributed by atoms with Crippen LogP contribution in [0.1, 0.15) is 29.6 Å². The van der Waals surface area contributed by atoms with E-state index in [4.69, 9.17) is 0 Å². The number of nitrogens with zero attached hydrogens (tertiary/aromatic N) is 4. The van der Waals surface area contributed by atoms with Gasteiger partial charge in [-0.2, -0.15) is 0 Å². The van der Waals surface area contributed by atoms with E-state index in [2.05, 4.69) is 25.1 Å². The zero-order valence-corrected chi connectivity index (χ0v) is 16.1. The number of carbonyl (C=O) groups is 2. The van der Waals surface area contributed by atoms with Gasteiger partial charge in [0.2, 0.25) is 11.9 Å². The number of ketones is 1. The Labute approximate surface area is 165 Å². The fourth-order valence-corrected chi connectivity index (χ4v) is 3.24. The third-order valence-electron chi connectivity index (χ3n) is 4.86. The second-order valence-corrected chi connectivity index (χ2v) is 6.87. The molecule has 1 aliphatic heterocycles. The van der Waals surface area contributed by atoms with Gasteiger partial charge in [-0.3, -0.25) is 14.5 Å². The summed E-state index contributed by atoms with van der Waals surface area (Å²) >= 11 is 0. The first kappa shape index (κ1) is 19.9. The van der Waals surface area contributed by atoms with E-state index in [9.17, 15) is 9.59 Å². The Balaban J connectivity index is 1.26. The number of hydrogen-bond acceptors (Lipinski definition) is 6. The molecule has 1 fully saturated rings. The second kappa shape index (κ2) is 10.5. The molecule has 1 amide bonds. The van der Waals surface area contributed by atoms with Crippen LogP contribution in [-0.2, 0) is 4.79 Å². The normalized spacial score (nSPS) is 14.6. The lowest BCUT2D eigenvalue weighted by molar-refractivity contribution is -0.121. The van der Waals surface area contributed by atoms with Gasteiger partial charge in [0.25, 0.3) is 0 Å². The van der Waals surface area contributed by atoms with Crippen LogP contribution in [0.15, 0.2) is 48.8 Å². The minimum Gasteiger partial charge on any atom is -0.356 e. The molecule has 0 unspecified atom stereocenters. The molecule has 3 rings (SSSR count). The number of carbonyl (C=O) groups excluding carboxylic acids is 2. The molecule has 0 spiro atoms. The molecular formula is C21H27N5O2. The summed E-state index contributed by atoms with van der Waals surface area (Å²) in [5.41, 5.74) is 0.662. The van der Waals surface area contributed by atoms with E-state index in [-0.39, 0.29) is 24.5 Å². The molecule has 0 atom stereocenters. The largest absolute Gasteiger partial charge is 0.356 e. The molecule has 7 nitrogen and oxygen atoms in total. The molecule has 0 saturated carbocycles. The summed E-state index contributed by atoms with van der Waals surface area (Å²) in [5.74, 6) is 0.741. The summed E-state index contributed by atoms with van der Waals surface area (Å²) in [6.45, 7) is 5.36. The average Bonchev–Trinajstić information content (AvgIpc) is 2.76. The van der Waals surface area contributed by atoms with Gasteiger partial charge in [0.1, 0.15) is 0 Å². The second-order valence-electron chi connectivity index (χ2n) is 6.87. The Morgan fingerprint density at radius 2 is 1.64 bits per heavy atom. The Bertz CT molecular complexity index is 746. The standard InChI is InChI=1S/C21H27N5O2/c27-19(18-6-2-1-3-7-18)8-9-20(28)22-12-5-13-25-14-16-26(17-15-25)21-23-10-4-11-24-21/h1-4,6-7,10-11H,5,8-9,12-17H2,(H,22,28). The van der Waals surface area contributed by atoms with Crippen molar-refractivity contribution in [2.75, 3.05) is 44.2 Å². The van der Waals surface area contributed by atoms with Gasteiger partial charge >= 0.3 is 0 Å². The van der Waals surface area contributed by atoms with Gasteiger partial charge in [-0.05, 0) is 19.0 Å². The number of Topliss-reactive ketones (excluding diaryl/α,β-unsaturated/α-hetero) is 1. The van der Waals surface area contributed by atoms with Gasteiger partial charge in [-0.25, -0.2) is 9.97 Å². The molecule has 0 radical (unpaired) electrons. The van der Waals surface area contributed by atoms with E-state index in [1.165, 1.54) is 0 Å². The van der Waals surface area contributed by atoms with Crippen LogP contribution in [0.25, 0.3) is 0 Å². The summed E-state index contributed by atoms with van der Waals surface area (Å²) in [7, 11) is 0. The van der Waals surface area contributed by atoms with Gasteiger partial charge in [-0.1, -0.05) is 30.3 Å². The molecule has 0 bridgehead atoms. The molecule has 1 aromatic carbocycles. The van der Waals surface area contributed by atoms with Crippen molar-refractivity contribution >= 4 is 17.6 Å². The number of hydrogen-bond donors (Lipinski definition) is 1. The highest BCUT2D eigenvalue weighted by molar-refractivity contribution is 5.97. The Kier molecular flexibility index (Phi) is 7.49. The quantitative estimate of drug-likeness (QED) is 0.527. The monoisotopic (exact) mass is 381 g/mol. The van der Waals surface area contributed by atoms with Crippen molar-refractivity contribution in [2.45, 2.75) is 19.3 Å². The molecule has 1 aromatic heterocycles. The van der Waals surface area contributed by atoms with Crippen LogP contribution in [0, 0.1) is 0 Å². The van der Waals surface area contributed by atoms with E-state index in [1.807, 2.05) is 24.3 Å². The molecule has 7 heteroatoms. The van der Waals surface area contributed by atoms with Crippen molar-refractivity contribution in [2.24, 2.45) is 0 Å². The maximum absolute atomic E-state index is 12.0. The van der Waals surface area contributed by atoms with E-state index in [1.54, 1.807) is 24.5 Å². The van der Waals surface area contributed by atoms with Crippen LogP contribution in [0.4, 0.5) is 5.95 Å². The van der Waals surface area contributed by atoms with Crippen molar-refractivity contribution in [3.05, 3.63) is 54.4 Å². The van der Waals surface area contributed by atoms with Crippen LogP contribution in [0.2, 0.25) is 0 Å². The zero-order valence-electron chi connectivity index (χ0n) is 16.1. The highest BCUT2D eigenvalue weighted by atomic mass is 16.2. The lowest BCUT2D eigenvalue weighted by Crippen LogP contribution is -2.47. The maximum atomic E-state index is 12.0. The third-order valence-corrected chi connectivity index (χ3v) is 4.86. The Morgan fingerprint density at radius 3 is 2.36 bits per heavy atom. The number of benzene rings is 1. The summed E-state index contributed by atoms with van der Waals surface area (Å²) in [4.78, 5) is 37.1. The van der Waals surface area contributed by atoms with Gasteiger partial charge in [0.05, 0.1) is 0 Å². The van der Waals surface area contributed by atoms with Crippen molar-refractivity contribution in [1.82, 2.24) is 20.2 Å². The molecule has 2 heterocycles. The smallest absolute Gasteiger partial charge is 0.225 e. The SMILES string of the molecule is O=C(CCC(=O)c1ccccc1)NCCCN1CCN(c2ncccn2)CC1. The van der Waals surface area contributed by atoms with Gasteiger partial charge in [0, 0.05) is 63.5 Å². The predicted molar refractivity (Wildman–Crippen MR) is 108 cm³/mol. The molecule has 0 aliphatic carbocycles. The highest BCUT2D eigenvalue weighted by Gasteiger charge is 2.18. The van der Waals surface area contributed by atoms with Crippen LogP contribution >= 0.6 is 0 Å². The summed E-state index contributed by atoms with van der Waals surface area (Å²) in [6, 6.07) is 10.9. The van der Waals surface area contributed by atoms with E-state index < -0.39 is 0 Å². The summed E-state index contributed by atoms with van der Waals surface area (Å²) in [6.07, 6.45) is 4.93. The van der Waals surface area contributed by atoms with Crippen LogP contribution in [-0.4, -0.2) is 65.8 Å². The lowest BCUT2D eigenvalue weighted by atomic mass is 10.1. The van der Waals surface area contributed by atoms with Crippen LogP contribution < -0.4 is 10.2 Å². The van der Waals surface area contributed by atoms with Crippen LogP contribution in [0.5, 0.6) is 0 Å². The van der Waals surface area contributed by atoms with Gasteiger partial charge < -0.3 is 10.2 Å². The molecule has 2 aromatic rings. The first-order valence-corrected chi connectivity index (χ1v) is 9.81. The topological polar surface area (TPSA) is 78.4 Å². The van der Waals surface area contributed by atoms with Gasteiger partial charge in [0.15, 0.2) is 5.78 Å².